The highest BCUT2D eigenvalue weighted by Gasteiger charge is 2.14. The normalized spacial score (nSPS) is 10.6. The van der Waals surface area contributed by atoms with Gasteiger partial charge in [-0.3, -0.25) is 9.48 Å². The van der Waals surface area contributed by atoms with E-state index < -0.39 is 0 Å². The molecule has 18 heavy (non-hydrogen) atoms. The van der Waals surface area contributed by atoms with Crippen molar-refractivity contribution in [2.45, 2.75) is 19.9 Å². The highest BCUT2D eigenvalue weighted by molar-refractivity contribution is 6.09. The highest BCUT2D eigenvalue weighted by Crippen LogP contribution is 2.14. The molecule has 4 heteroatoms. The Balaban J connectivity index is 2.33. The molecule has 0 saturated heterocycles. The van der Waals surface area contributed by atoms with E-state index in [0.29, 0.717) is 18.5 Å². The molecule has 0 unspecified atom stereocenters. The summed E-state index contributed by atoms with van der Waals surface area (Å²) in [5.74, 6) is 0.0127. The van der Waals surface area contributed by atoms with Gasteiger partial charge in [0.05, 0.1) is 11.8 Å². The lowest BCUT2D eigenvalue weighted by Gasteiger charge is -2.06. The number of ketones is 1. The summed E-state index contributed by atoms with van der Waals surface area (Å²) in [4.78, 5) is 12.4. The minimum absolute atomic E-state index is 0.0127. The van der Waals surface area contributed by atoms with Gasteiger partial charge in [0.15, 0.2) is 5.78 Å². The van der Waals surface area contributed by atoms with Crippen molar-refractivity contribution in [3.8, 4) is 0 Å². The summed E-state index contributed by atoms with van der Waals surface area (Å²) in [5, 5.41) is 4.13. The molecular weight excluding hydrogens is 226 g/mol. The molecule has 2 aromatic rings. The van der Waals surface area contributed by atoms with Gasteiger partial charge in [0, 0.05) is 18.3 Å². The second-order valence-electron chi connectivity index (χ2n) is 4.11. The first kappa shape index (κ1) is 12.5. The number of rotatable bonds is 5. The van der Waals surface area contributed by atoms with Gasteiger partial charge in [-0.25, -0.2) is 0 Å². The van der Waals surface area contributed by atoms with Gasteiger partial charge in [-0.05, 0) is 25.5 Å². The molecule has 4 nitrogen and oxygen atoms in total. The van der Waals surface area contributed by atoms with Crippen molar-refractivity contribution >= 4 is 5.78 Å². The third kappa shape index (κ3) is 2.49. The van der Waals surface area contributed by atoms with Crippen LogP contribution in [0.1, 0.15) is 28.4 Å². The lowest BCUT2D eigenvalue weighted by molar-refractivity contribution is 0.103. The molecular formula is C14H17N3O. The smallest absolute Gasteiger partial charge is 0.196 e. The first-order valence-corrected chi connectivity index (χ1v) is 6.11. The Hall–Kier alpha value is -1.94. The molecule has 0 amide bonds. The van der Waals surface area contributed by atoms with E-state index in [2.05, 4.69) is 5.10 Å². The number of nitrogens with two attached hydrogens (primary N) is 1. The van der Waals surface area contributed by atoms with Crippen LogP contribution in [-0.4, -0.2) is 22.1 Å². The lowest BCUT2D eigenvalue weighted by atomic mass is 9.98. The van der Waals surface area contributed by atoms with Crippen molar-refractivity contribution in [2.24, 2.45) is 5.73 Å². The van der Waals surface area contributed by atoms with Gasteiger partial charge in [0.25, 0.3) is 0 Å². The molecule has 1 aromatic heterocycles. The van der Waals surface area contributed by atoms with Crippen molar-refractivity contribution in [3.05, 3.63) is 53.3 Å². The minimum Gasteiger partial charge on any atom is -0.330 e. The average molecular weight is 243 g/mol. The zero-order chi connectivity index (χ0) is 13.0. The van der Waals surface area contributed by atoms with Crippen LogP contribution in [-0.2, 0) is 13.0 Å². The number of hydrogen-bond acceptors (Lipinski definition) is 3. The van der Waals surface area contributed by atoms with Crippen molar-refractivity contribution in [1.82, 2.24) is 9.78 Å². The zero-order valence-electron chi connectivity index (χ0n) is 10.5. The Morgan fingerprint density at radius 2 is 2.17 bits per heavy atom. The maximum atomic E-state index is 12.4. The van der Waals surface area contributed by atoms with Crippen LogP contribution >= 0.6 is 0 Å². The Kier molecular flexibility index (Phi) is 3.89. The summed E-state index contributed by atoms with van der Waals surface area (Å²) >= 11 is 0. The fourth-order valence-electron chi connectivity index (χ4n) is 1.92. The summed E-state index contributed by atoms with van der Waals surface area (Å²) in [6, 6.07) is 7.59. The Labute approximate surface area is 106 Å². The highest BCUT2D eigenvalue weighted by atomic mass is 16.1. The summed E-state index contributed by atoms with van der Waals surface area (Å²) in [6.07, 6.45) is 4.11. The van der Waals surface area contributed by atoms with E-state index in [1.807, 2.05) is 31.2 Å². The van der Waals surface area contributed by atoms with Crippen LogP contribution in [0.3, 0.4) is 0 Å². The molecule has 0 bridgehead atoms. The summed E-state index contributed by atoms with van der Waals surface area (Å²) in [5.41, 5.74) is 7.91. The minimum atomic E-state index is 0.0127. The molecule has 0 atom stereocenters. The van der Waals surface area contributed by atoms with Gasteiger partial charge in [-0.2, -0.15) is 5.10 Å². The predicted molar refractivity (Wildman–Crippen MR) is 70.5 cm³/mol. The molecule has 0 saturated carbocycles. The van der Waals surface area contributed by atoms with E-state index in [-0.39, 0.29) is 5.78 Å². The van der Waals surface area contributed by atoms with Crippen LogP contribution in [0.4, 0.5) is 0 Å². The molecule has 1 aromatic carbocycles. The van der Waals surface area contributed by atoms with Gasteiger partial charge in [0.2, 0.25) is 0 Å². The van der Waals surface area contributed by atoms with E-state index in [0.717, 1.165) is 17.7 Å². The number of nitrogens with zero attached hydrogens (tertiary/aromatic N) is 2. The van der Waals surface area contributed by atoms with Gasteiger partial charge >= 0.3 is 0 Å². The van der Waals surface area contributed by atoms with Gasteiger partial charge in [0.1, 0.15) is 0 Å². The fourth-order valence-corrected chi connectivity index (χ4v) is 1.92. The lowest BCUT2D eigenvalue weighted by Crippen LogP contribution is -2.09. The summed E-state index contributed by atoms with van der Waals surface area (Å²) in [6.45, 7) is 3.29. The summed E-state index contributed by atoms with van der Waals surface area (Å²) < 4.78 is 1.75. The summed E-state index contributed by atoms with van der Waals surface area (Å²) in [7, 11) is 0. The average Bonchev–Trinajstić information content (AvgIpc) is 2.88. The van der Waals surface area contributed by atoms with E-state index in [9.17, 15) is 4.79 Å². The van der Waals surface area contributed by atoms with E-state index in [4.69, 9.17) is 5.73 Å². The van der Waals surface area contributed by atoms with Crippen molar-refractivity contribution in [3.63, 3.8) is 0 Å². The number of aryl methyl sites for hydroxylation is 1. The maximum Gasteiger partial charge on any atom is 0.196 e. The fraction of sp³-hybridized carbons (Fsp3) is 0.286. The van der Waals surface area contributed by atoms with Crippen molar-refractivity contribution in [2.75, 3.05) is 6.54 Å². The van der Waals surface area contributed by atoms with Gasteiger partial charge in [-0.1, -0.05) is 24.3 Å². The van der Waals surface area contributed by atoms with Crippen LogP contribution in [0.15, 0.2) is 36.7 Å². The first-order valence-electron chi connectivity index (χ1n) is 6.11. The predicted octanol–water partition coefficient (Wildman–Crippen LogP) is 1.64. The third-order valence-electron chi connectivity index (χ3n) is 2.90. The van der Waals surface area contributed by atoms with E-state index in [1.54, 1.807) is 17.1 Å². The Morgan fingerprint density at radius 3 is 2.83 bits per heavy atom. The number of carbonyl (C=O) groups is 1. The number of carbonyl (C=O) groups excluding carboxylic acids is 1. The molecule has 0 radical (unpaired) electrons. The van der Waals surface area contributed by atoms with Crippen LogP contribution < -0.4 is 5.73 Å². The standard InChI is InChI=1S/C14H17N3O/c1-2-17-10-12(9-16-17)14(18)13-6-4-3-5-11(13)7-8-15/h3-6,9-10H,2,7-8,15H2,1H3. The third-order valence-corrected chi connectivity index (χ3v) is 2.90. The van der Waals surface area contributed by atoms with Crippen LogP contribution in [0.25, 0.3) is 0 Å². The molecule has 0 aliphatic rings. The second-order valence-corrected chi connectivity index (χ2v) is 4.11. The van der Waals surface area contributed by atoms with Crippen molar-refractivity contribution in [1.29, 1.82) is 0 Å². The molecule has 0 fully saturated rings. The molecule has 2 N–H and O–H groups in total. The quantitative estimate of drug-likeness (QED) is 0.812. The van der Waals surface area contributed by atoms with Gasteiger partial charge in [-0.15, -0.1) is 0 Å². The molecule has 0 aliphatic carbocycles. The zero-order valence-corrected chi connectivity index (χ0v) is 10.5. The Morgan fingerprint density at radius 1 is 1.39 bits per heavy atom. The Bertz CT molecular complexity index is 545. The molecule has 2 rings (SSSR count). The van der Waals surface area contributed by atoms with Gasteiger partial charge < -0.3 is 5.73 Å². The van der Waals surface area contributed by atoms with Crippen LogP contribution in [0, 0.1) is 0 Å². The SMILES string of the molecule is CCn1cc(C(=O)c2ccccc2CCN)cn1. The van der Waals surface area contributed by atoms with Crippen molar-refractivity contribution < 1.29 is 4.79 Å². The van der Waals surface area contributed by atoms with E-state index in [1.165, 1.54) is 0 Å². The van der Waals surface area contributed by atoms with E-state index >= 15 is 0 Å². The molecule has 0 spiro atoms. The number of benzene rings is 1. The molecule has 1 heterocycles. The van der Waals surface area contributed by atoms with Crippen LogP contribution in [0.2, 0.25) is 0 Å². The monoisotopic (exact) mass is 243 g/mol. The second kappa shape index (κ2) is 5.60. The van der Waals surface area contributed by atoms with Crippen LogP contribution in [0.5, 0.6) is 0 Å². The molecule has 94 valence electrons. The maximum absolute atomic E-state index is 12.4. The topological polar surface area (TPSA) is 60.9 Å². The largest absolute Gasteiger partial charge is 0.330 e. The molecule has 0 aliphatic heterocycles. The number of aromatic nitrogens is 2. The number of hydrogen-bond donors (Lipinski definition) is 1. The first-order chi connectivity index (χ1) is 8.76.